The number of hydrogen-bond donors (Lipinski definition) is 0. The highest BCUT2D eigenvalue weighted by molar-refractivity contribution is 6.20. The van der Waals surface area contributed by atoms with Crippen molar-refractivity contribution in [1.29, 1.82) is 0 Å². The molecule has 1 rings (SSSR count). The first-order valence-electron chi connectivity index (χ1n) is 5.58. The van der Waals surface area contributed by atoms with E-state index in [0.717, 1.165) is 24.5 Å². The Morgan fingerprint density at radius 1 is 1.56 bits per heavy atom. The highest BCUT2D eigenvalue weighted by Crippen LogP contribution is 2.24. The van der Waals surface area contributed by atoms with Gasteiger partial charge in [0.15, 0.2) is 11.6 Å². The fraction of sp³-hybridized carbons (Fsp3) is 0.583. The lowest BCUT2D eigenvalue weighted by molar-refractivity contribution is 0.339. The Kier molecular flexibility index (Phi) is 5.39. The minimum Gasteiger partial charge on any atom is -0.490 e. The standard InChI is InChI=1S/C12H19ClN2O/c1-4-16-11-6-5-8-14-12(11)15(3)9-7-10(2)13/h5-6,8,10H,4,7,9H2,1-3H3. The number of rotatable bonds is 6. The number of nitrogens with zero attached hydrogens (tertiary/aromatic N) is 2. The van der Waals surface area contributed by atoms with Crippen LogP contribution in [0, 0.1) is 0 Å². The van der Waals surface area contributed by atoms with Crippen molar-refractivity contribution in [2.24, 2.45) is 0 Å². The van der Waals surface area contributed by atoms with E-state index in [0.29, 0.717) is 6.61 Å². The molecule has 0 saturated heterocycles. The van der Waals surface area contributed by atoms with Crippen LogP contribution in [-0.2, 0) is 0 Å². The van der Waals surface area contributed by atoms with Crippen LogP contribution < -0.4 is 9.64 Å². The van der Waals surface area contributed by atoms with Crippen molar-refractivity contribution in [3.63, 3.8) is 0 Å². The largest absolute Gasteiger partial charge is 0.490 e. The van der Waals surface area contributed by atoms with Gasteiger partial charge in [-0.3, -0.25) is 0 Å². The smallest absolute Gasteiger partial charge is 0.171 e. The Hall–Kier alpha value is -0.960. The summed E-state index contributed by atoms with van der Waals surface area (Å²) in [6.07, 6.45) is 2.71. The molecule has 0 N–H and O–H groups in total. The molecule has 0 radical (unpaired) electrons. The SMILES string of the molecule is CCOc1cccnc1N(C)CCC(C)Cl. The van der Waals surface area contributed by atoms with Crippen LogP contribution in [0.3, 0.4) is 0 Å². The molecule has 0 spiro atoms. The van der Waals surface area contributed by atoms with E-state index in [1.54, 1.807) is 6.20 Å². The molecule has 1 aromatic rings. The second kappa shape index (κ2) is 6.59. The second-order valence-corrected chi connectivity index (χ2v) is 4.49. The molecule has 0 aliphatic carbocycles. The molecular formula is C12H19ClN2O. The molecule has 1 heterocycles. The van der Waals surface area contributed by atoms with Gasteiger partial charge in [0, 0.05) is 25.2 Å². The highest BCUT2D eigenvalue weighted by Gasteiger charge is 2.09. The molecule has 4 heteroatoms. The summed E-state index contributed by atoms with van der Waals surface area (Å²) in [5.41, 5.74) is 0. The van der Waals surface area contributed by atoms with Crippen LogP contribution in [0.4, 0.5) is 5.82 Å². The van der Waals surface area contributed by atoms with Gasteiger partial charge in [0.1, 0.15) is 0 Å². The first-order valence-corrected chi connectivity index (χ1v) is 6.01. The first-order chi connectivity index (χ1) is 7.65. The topological polar surface area (TPSA) is 25.4 Å². The lowest BCUT2D eigenvalue weighted by atomic mass is 10.3. The van der Waals surface area contributed by atoms with E-state index in [2.05, 4.69) is 9.88 Å². The van der Waals surface area contributed by atoms with Gasteiger partial charge in [0.2, 0.25) is 0 Å². The Balaban J connectivity index is 2.69. The van der Waals surface area contributed by atoms with E-state index < -0.39 is 0 Å². The van der Waals surface area contributed by atoms with Crippen LogP contribution in [0.2, 0.25) is 0 Å². The third-order valence-corrected chi connectivity index (χ3v) is 2.49. The van der Waals surface area contributed by atoms with Crippen molar-refractivity contribution in [3.05, 3.63) is 18.3 Å². The fourth-order valence-electron chi connectivity index (χ4n) is 1.41. The summed E-state index contributed by atoms with van der Waals surface area (Å²) in [4.78, 5) is 6.41. The number of halogens is 1. The summed E-state index contributed by atoms with van der Waals surface area (Å²) in [6, 6.07) is 3.82. The average Bonchev–Trinajstić information content (AvgIpc) is 2.27. The second-order valence-electron chi connectivity index (χ2n) is 3.75. The molecule has 1 atom stereocenters. The van der Waals surface area contributed by atoms with E-state index in [9.17, 15) is 0 Å². The van der Waals surface area contributed by atoms with Crippen molar-refractivity contribution >= 4 is 17.4 Å². The Morgan fingerprint density at radius 2 is 2.31 bits per heavy atom. The normalized spacial score (nSPS) is 12.2. The molecule has 0 amide bonds. The Bertz CT molecular complexity index is 318. The zero-order valence-electron chi connectivity index (χ0n) is 10.1. The van der Waals surface area contributed by atoms with Gasteiger partial charge in [-0.25, -0.2) is 4.98 Å². The van der Waals surface area contributed by atoms with E-state index in [4.69, 9.17) is 16.3 Å². The van der Waals surface area contributed by atoms with Gasteiger partial charge in [-0.2, -0.15) is 0 Å². The molecule has 0 aliphatic heterocycles. The maximum absolute atomic E-state index is 5.93. The number of aromatic nitrogens is 1. The van der Waals surface area contributed by atoms with Gasteiger partial charge in [-0.15, -0.1) is 11.6 Å². The zero-order valence-corrected chi connectivity index (χ0v) is 10.9. The Labute approximate surface area is 102 Å². The molecule has 16 heavy (non-hydrogen) atoms. The summed E-state index contributed by atoms with van der Waals surface area (Å²) < 4.78 is 5.53. The van der Waals surface area contributed by atoms with Gasteiger partial charge in [-0.05, 0) is 32.4 Å². The van der Waals surface area contributed by atoms with Crippen LogP contribution in [-0.4, -0.2) is 30.6 Å². The molecule has 1 unspecified atom stereocenters. The van der Waals surface area contributed by atoms with Crippen molar-refractivity contribution in [1.82, 2.24) is 4.98 Å². The lowest BCUT2D eigenvalue weighted by Crippen LogP contribution is -2.22. The lowest BCUT2D eigenvalue weighted by Gasteiger charge is -2.21. The van der Waals surface area contributed by atoms with Gasteiger partial charge in [0.05, 0.1) is 6.61 Å². The maximum atomic E-state index is 5.93. The van der Waals surface area contributed by atoms with E-state index in [-0.39, 0.29) is 5.38 Å². The summed E-state index contributed by atoms with van der Waals surface area (Å²) in [7, 11) is 2.00. The van der Waals surface area contributed by atoms with Crippen LogP contribution in [0.15, 0.2) is 18.3 Å². The van der Waals surface area contributed by atoms with Crippen LogP contribution in [0.5, 0.6) is 5.75 Å². The summed E-state index contributed by atoms with van der Waals surface area (Å²) >= 11 is 5.93. The number of ether oxygens (including phenoxy) is 1. The van der Waals surface area contributed by atoms with Gasteiger partial charge >= 0.3 is 0 Å². The quantitative estimate of drug-likeness (QED) is 0.718. The maximum Gasteiger partial charge on any atom is 0.171 e. The minimum absolute atomic E-state index is 0.182. The summed E-state index contributed by atoms with van der Waals surface area (Å²) in [6.45, 7) is 5.50. The number of pyridine rings is 1. The number of anilines is 1. The van der Waals surface area contributed by atoms with E-state index >= 15 is 0 Å². The Morgan fingerprint density at radius 3 is 2.94 bits per heavy atom. The molecule has 3 nitrogen and oxygen atoms in total. The molecule has 90 valence electrons. The molecule has 0 saturated carbocycles. The van der Waals surface area contributed by atoms with Gasteiger partial charge in [0.25, 0.3) is 0 Å². The zero-order chi connectivity index (χ0) is 12.0. The van der Waals surface area contributed by atoms with Crippen LogP contribution in [0.1, 0.15) is 20.3 Å². The third kappa shape index (κ3) is 3.89. The van der Waals surface area contributed by atoms with E-state index in [1.807, 2.05) is 33.0 Å². The van der Waals surface area contributed by atoms with Crippen LogP contribution >= 0.6 is 11.6 Å². The fourth-order valence-corrected chi connectivity index (χ4v) is 1.51. The number of hydrogen-bond acceptors (Lipinski definition) is 3. The highest BCUT2D eigenvalue weighted by atomic mass is 35.5. The molecule has 0 bridgehead atoms. The van der Waals surface area contributed by atoms with Crippen molar-refractivity contribution in [3.8, 4) is 5.75 Å². The van der Waals surface area contributed by atoms with E-state index in [1.165, 1.54) is 0 Å². The first kappa shape index (κ1) is 13.1. The monoisotopic (exact) mass is 242 g/mol. The van der Waals surface area contributed by atoms with Gasteiger partial charge < -0.3 is 9.64 Å². The molecule has 1 aromatic heterocycles. The third-order valence-electron chi connectivity index (χ3n) is 2.27. The molecule has 0 aliphatic rings. The van der Waals surface area contributed by atoms with Crippen molar-refractivity contribution in [2.45, 2.75) is 25.6 Å². The summed E-state index contributed by atoms with van der Waals surface area (Å²) in [5.74, 6) is 1.70. The van der Waals surface area contributed by atoms with Crippen molar-refractivity contribution in [2.75, 3.05) is 25.1 Å². The average molecular weight is 243 g/mol. The molecule has 0 aromatic carbocycles. The predicted octanol–water partition coefficient (Wildman–Crippen LogP) is 2.93. The molecular weight excluding hydrogens is 224 g/mol. The van der Waals surface area contributed by atoms with Crippen LogP contribution in [0.25, 0.3) is 0 Å². The summed E-state index contributed by atoms with van der Waals surface area (Å²) in [5, 5.41) is 0.182. The number of alkyl halides is 1. The predicted molar refractivity (Wildman–Crippen MR) is 68.6 cm³/mol. The van der Waals surface area contributed by atoms with Crippen molar-refractivity contribution < 1.29 is 4.74 Å². The molecule has 0 fully saturated rings. The minimum atomic E-state index is 0.182. The van der Waals surface area contributed by atoms with Gasteiger partial charge in [-0.1, -0.05) is 0 Å².